The number of nitrogens with one attached hydrogen (secondary N) is 1. The van der Waals surface area contributed by atoms with E-state index >= 15 is 0 Å². The first-order chi connectivity index (χ1) is 14.1. The summed E-state index contributed by atoms with van der Waals surface area (Å²) < 4.78 is 10.5. The van der Waals surface area contributed by atoms with E-state index < -0.39 is 0 Å². The molecule has 5 N–H and O–H groups in total. The average Bonchev–Trinajstić information content (AvgIpc) is 2.75. The summed E-state index contributed by atoms with van der Waals surface area (Å²) in [5, 5.41) is 3.24. The molecule has 0 saturated carbocycles. The Labute approximate surface area is 167 Å². The molecule has 0 radical (unpaired) electrons. The van der Waals surface area contributed by atoms with E-state index in [-0.39, 0.29) is 11.8 Å². The van der Waals surface area contributed by atoms with E-state index in [9.17, 15) is 0 Å². The van der Waals surface area contributed by atoms with Gasteiger partial charge in [-0.2, -0.15) is 9.97 Å². The van der Waals surface area contributed by atoms with Gasteiger partial charge >= 0.3 is 0 Å². The lowest BCUT2D eigenvalue weighted by Gasteiger charge is -2.27. The van der Waals surface area contributed by atoms with E-state index in [0.717, 1.165) is 5.69 Å². The fourth-order valence-corrected chi connectivity index (χ4v) is 2.87. The molecule has 0 bridgehead atoms. The van der Waals surface area contributed by atoms with Gasteiger partial charge in [0.2, 0.25) is 17.8 Å². The lowest BCUT2D eigenvalue weighted by molar-refractivity contribution is 0.122. The van der Waals surface area contributed by atoms with Crippen LogP contribution in [-0.4, -0.2) is 58.3 Å². The zero-order valence-electron chi connectivity index (χ0n) is 15.9. The molecular weight excluding hydrogens is 374 g/mol. The van der Waals surface area contributed by atoms with Crippen molar-refractivity contribution in [2.45, 2.75) is 0 Å². The van der Waals surface area contributed by atoms with E-state index in [4.69, 9.17) is 20.9 Å². The molecule has 150 valence electrons. The zero-order chi connectivity index (χ0) is 20.2. The van der Waals surface area contributed by atoms with Crippen molar-refractivity contribution >= 4 is 29.2 Å². The molecule has 0 amide bonds. The Kier molecular flexibility index (Phi) is 5.20. The molecule has 29 heavy (non-hydrogen) atoms. The molecule has 0 spiro atoms. The molecule has 1 fully saturated rings. The Balaban J connectivity index is 1.72. The van der Waals surface area contributed by atoms with Crippen molar-refractivity contribution in [3.63, 3.8) is 0 Å². The Hall–Kier alpha value is -3.73. The number of nitrogens with two attached hydrogens (primary N) is 2. The number of methoxy groups -OCH3 is 1. The van der Waals surface area contributed by atoms with Gasteiger partial charge in [0.25, 0.3) is 0 Å². The van der Waals surface area contributed by atoms with Gasteiger partial charge in [0.05, 0.1) is 43.5 Å². The SMILES string of the molecule is COc1ccc(Nc2cc(-c3cnc(N)nc3N)nc(N3CCOCC3)n2)cn1. The van der Waals surface area contributed by atoms with Crippen LogP contribution in [0.1, 0.15) is 0 Å². The van der Waals surface area contributed by atoms with Gasteiger partial charge in [0, 0.05) is 31.4 Å². The average molecular weight is 395 g/mol. The quantitative estimate of drug-likeness (QED) is 0.569. The van der Waals surface area contributed by atoms with Crippen molar-refractivity contribution in [2.24, 2.45) is 0 Å². The number of ether oxygens (including phenoxy) is 2. The summed E-state index contributed by atoms with van der Waals surface area (Å²) in [5.74, 6) is 2.03. The van der Waals surface area contributed by atoms with Gasteiger partial charge in [0.1, 0.15) is 11.6 Å². The lowest BCUT2D eigenvalue weighted by Crippen LogP contribution is -2.37. The summed E-state index contributed by atoms with van der Waals surface area (Å²) in [6.45, 7) is 2.62. The molecule has 1 saturated heterocycles. The highest BCUT2D eigenvalue weighted by molar-refractivity contribution is 5.74. The predicted molar refractivity (Wildman–Crippen MR) is 109 cm³/mol. The number of morpholine rings is 1. The van der Waals surface area contributed by atoms with Crippen molar-refractivity contribution in [1.82, 2.24) is 24.9 Å². The lowest BCUT2D eigenvalue weighted by atomic mass is 10.2. The molecular formula is C18H21N9O2. The third-order valence-corrected chi connectivity index (χ3v) is 4.34. The highest BCUT2D eigenvalue weighted by Gasteiger charge is 2.18. The van der Waals surface area contributed by atoms with Gasteiger partial charge in [-0.15, -0.1) is 0 Å². The highest BCUT2D eigenvalue weighted by atomic mass is 16.5. The summed E-state index contributed by atoms with van der Waals surface area (Å²) in [4.78, 5) is 23.6. The van der Waals surface area contributed by atoms with E-state index in [2.05, 4.69) is 35.1 Å². The van der Waals surface area contributed by atoms with Gasteiger partial charge in [-0.25, -0.2) is 15.0 Å². The summed E-state index contributed by atoms with van der Waals surface area (Å²) in [7, 11) is 1.57. The Morgan fingerprint density at radius 1 is 1.07 bits per heavy atom. The fourth-order valence-electron chi connectivity index (χ4n) is 2.87. The number of hydrogen-bond acceptors (Lipinski definition) is 11. The van der Waals surface area contributed by atoms with E-state index in [0.29, 0.717) is 55.2 Å². The van der Waals surface area contributed by atoms with E-state index in [1.54, 1.807) is 31.6 Å². The van der Waals surface area contributed by atoms with Crippen molar-refractivity contribution < 1.29 is 9.47 Å². The van der Waals surface area contributed by atoms with Gasteiger partial charge in [-0.1, -0.05) is 0 Å². The minimum absolute atomic E-state index is 0.108. The summed E-state index contributed by atoms with van der Waals surface area (Å²) in [5.41, 5.74) is 13.6. The van der Waals surface area contributed by atoms with Crippen LogP contribution in [0.5, 0.6) is 5.88 Å². The first kappa shape index (κ1) is 18.6. The molecule has 3 aromatic heterocycles. The van der Waals surface area contributed by atoms with Crippen LogP contribution in [0.15, 0.2) is 30.6 Å². The van der Waals surface area contributed by atoms with Crippen molar-refractivity contribution in [3.8, 4) is 17.1 Å². The number of nitrogens with zero attached hydrogens (tertiary/aromatic N) is 6. The number of pyridine rings is 1. The van der Waals surface area contributed by atoms with Crippen LogP contribution in [0.2, 0.25) is 0 Å². The van der Waals surface area contributed by atoms with Gasteiger partial charge < -0.3 is 31.2 Å². The highest BCUT2D eigenvalue weighted by Crippen LogP contribution is 2.28. The fraction of sp³-hybridized carbons (Fsp3) is 0.278. The minimum atomic E-state index is 0.108. The molecule has 0 aliphatic carbocycles. The van der Waals surface area contributed by atoms with E-state index in [1.807, 2.05) is 6.07 Å². The summed E-state index contributed by atoms with van der Waals surface area (Å²) in [6, 6.07) is 5.39. The second-order valence-electron chi connectivity index (χ2n) is 6.28. The molecule has 1 aliphatic rings. The number of aromatic nitrogens is 5. The maximum absolute atomic E-state index is 6.05. The molecule has 0 atom stereocenters. The maximum atomic E-state index is 6.05. The Morgan fingerprint density at radius 2 is 1.90 bits per heavy atom. The van der Waals surface area contributed by atoms with Crippen LogP contribution in [0.25, 0.3) is 11.3 Å². The molecule has 11 heteroatoms. The summed E-state index contributed by atoms with van der Waals surface area (Å²) in [6.07, 6.45) is 3.22. The standard InChI is InChI=1S/C18H21N9O2/c1-28-15-3-2-11(9-21-15)23-14-8-13(12-10-22-17(20)26-16(12)19)24-18(25-14)27-4-6-29-7-5-27/h2-3,8-10H,4-7H2,1H3,(H,23,24,25)(H4,19,20,22,26). The van der Waals surface area contributed by atoms with Crippen molar-refractivity contribution in [2.75, 3.05) is 55.1 Å². The Morgan fingerprint density at radius 3 is 2.59 bits per heavy atom. The zero-order valence-corrected chi connectivity index (χ0v) is 15.9. The molecule has 4 rings (SSSR count). The van der Waals surface area contributed by atoms with Crippen molar-refractivity contribution in [3.05, 3.63) is 30.6 Å². The summed E-state index contributed by atoms with van der Waals surface area (Å²) >= 11 is 0. The van der Waals surface area contributed by atoms with Crippen LogP contribution in [0, 0.1) is 0 Å². The largest absolute Gasteiger partial charge is 0.481 e. The number of nitrogen functional groups attached to an aromatic ring is 2. The molecule has 0 aromatic carbocycles. The first-order valence-corrected chi connectivity index (χ1v) is 8.99. The number of anilines is 5. The molecule has 1 aliphatic heterocycles. The number of hydrogen-bond donors (Lipinski definition) is 3. The van der Waals surface area contributed by atoms with Crippen molar-refractivity contribution in [1.29, 1.82) is 0 Å². The van der Waals surface area contributed by atoms with Crippen LogP contribution >= 0.6 is 0 Å². The predicted octanol–water partition coefficient (Wildman–Crippen LogP) is 1.08. The molecule has 3 aromatic rings. The van der Waals surface area contributed by atoms with Gasteiger partial charge in [0.15, 0.2) is 0 Å². The smallest absolute Gasteiger partial charge is 0.228 e. The third-order valence-electron chi connectivity index (χ3n) is 4.34. The minimum Gasteiger partial charge on any atom is -0.481 e. The van der Waals surface area contributed by atoms with Crippen LogP contribution in [-0.2, 0) is 4.74 Å². The molecule has 0 unspecified atom stereocenters. The normalized spacial score (nSPS) is 13.9. The third kappa shape index (κ3) is 4.24. The van der Waals surface area contributed by atoms with Gasteiger partial charge in [-0.3, -0.25) is 0 Å². The number of rotatable bonds is 5. The second kappa shape index (κ2) is 8.10. The van der Waals surface area contributed by atoms with Gasteiger partial charge in [-0.05, 0) is 6.07 Å². The maximum Gasteiger partial charge on any atom is 0.228 e. The Bertz CT molecular complexity index is 991. The van der Waals surface area contributed by atoms with Crippen LogP contribution in [0.4, 0.5) is 29.2 Å². The van der Waals surface area contributed by atoms with E-state index in [1.165, 1.54) is 0 Å². The topological polar surface area (TPSA) is 150 Å². The van der Waals surface area contributed by atoms with Crippen LogP contribution < -0.4 is 26.4 Å². The second-order valence-corrected chi connectivity index (χ2v) is 6.28. The molecule has 11 nitrogen and oxygen atoms in total. The first-order valence-electron chi connectivity index (χ1n) is 8.99. The monoisotopic (exact) mass is 395 g/mol. The van der Waals surface area contributed by atoms with Crippen LogP contribution in [0.3, 0.4) is 0 Å². The molecule has 4 heterocycles.